The molecule has 2 amide bonds. The lowest BCUT2D eigenvalue weighted by molar-refractivity contribution is -0.132. The van der Waals surface area contributed by atoms with Crippen LogP contribution in [0.25, 0.3) is 0 Å². The molecular weight excluding hydrogens is 290 g/mol. The van der Waals surface area contributed by atoms with Crippen molar-refractivity contribution in [1.82, 2.24) is 4.90 Å². The van der Waals surface area contributed by atoms with Gasteiger partial charge < -0.3 is 15.5 Å². The van der Waals surface area contributed by atoms with Crippen LogP contribution in [-0.4, -0.2) is 35.8 Å². The number of nitrogens with zero attached hydrogens (tertiary/aromatic N) is 1. The summed E-state index contributed by atoms with van der Waals surface area (Å²) in [5, 5.41) is 6.09. The lowest BCUT2D eigenvalue weighted by atomic mass is 10.0. The highest BCUT2D eigenvalue weighted by molar-refractivity contribution is 5.94. The number of carbonyl (C=O) groups excluding carboxylic acids is 2. The average Bonchev–Trinajstić information content (AvgIpc) is 3.39. The average molecular weight is 315 g/mol. The topological polar surface area (TPSA) is 61.4 Å². The first kappa shape index (κ1) is 15.8. The van der Waals surface area contributed by atoms with Crippen molar-refractivity contribution in [1.29, 1.82) is 0 Å². The number of likely N-dealkylation sites (tertiary alicyclic amines) is 1. The van der Waals surface area contributed by atoms with Gasteiger partial charge in [-0.3, -0.25) is 9.59 Å². The molecule has 124 valence electrons. The predicted octanol–water partition coefficient (Wildman–Crippen LogP) is 2.85. The minimum Gasteiger partial charge on any atom is -0.376 e. The molecule has 1 unspecified atom stereocenters. The van der Waals surface area contributed by atoms with Crippen molar-refractivity contribution in [2.24, 2.45) is 5.92 Å². The van der Waals surface area contributed by atoms with Gasteiger partial charge in [-0.05, 0) is 63.3 Å². The number of nitrogens with one attached hydrogen (secondary N) is 2. The van der Waals surface area contributed by atoms with Crippen LogP contribution in [0.15, 0.2) is 24.3 Å². The molecule has 1 aliphatic carbocycles. The van der Waals surface area contributed by atoms with E-state index in [-0.39, 0.29) is 17.7 Å². The molecule has 1 saturated heterocycles. The zero-order valence-electron chi connectivity index (χ0n) is 13.7. The number of hydrogen-bond acceptors (Lipinski definition) is 3. The Morgan fingerprint density at radius 1 is 1.09 bits per heavy atom. The lowest BCUT2D eigenvalue weighted by Crippen LogP contribution is -2.44. The van der Waals surface area contributed by atoms with Crippen molar-refractivity contribution in [2.75, 3.05) is 23.7 Å². The van der Waals surface area contributed by atoms with Crippen LogP contribution >= 0.6 is 0 Å². The lowest BCUT2D eigenvalue weighted by Gasteiger charge is -2.33. The number of rotatable bonds is 5. The number of benzene rings is 1. The second-order valence-electron chi connectivity index (χ2n) is 6.63. The van der Waals surface area contributed by atoms with Crippen LogP contribution < -0.4 is 10.6 Å². The maximum absolute atomic E-state index is 12.3. The maximum Gasteiger partial charge on any atom is 0.242 e. The second-order valence-corrected chi connectivity index (χ2v) is 6.63. The predicted molar refractivity (Wildman–Crippen MR) is 91.3 cm³/mol. The molecule has 2 fully saturated rings. The third kappa shape index (κ3) is 4.24. The Hall–Kier alpha value is -2.04. The quantitative estimate of drug-likeness (QED) is 0.878. The molecule has 2 N–H and O–H groups in total. The Morgan fingerprint density at radius 3 is 2.43 bits per heavy atom. The van der Waals surface area contributed by atoms with E-state index in [2.05, 4.69) is 17.6 Å². The third-order valence-corrected chi connectivity index (χ3v) is 4.67. The van der Waals surface area contributed by atoms with Crippen molar-refractivity contribution in [2.45, 2.75) is 45.1 Å². The molecule has 1 atom stereocenters. The first-order chi connectivity index (χ1) is 11.1. The summed E-state index contributed by atoms with van der Waals surface area (Å²) >= 11 is 0. The fourth-order valence-corrected chi connectivity index (χ4v) is 3.01. The van der Waals surface area contributed by atoms with Crippen molar-refractivity contribution in [3.63, 3.8) is 0 Å². The van der Waals surface area contributed by atoms with E-state index < -0.39 is 0 Å². The zero-order chi connectivity index (χ0) is 16.2. The van der Waals surface area contributed by atoms with Crippen molar-refractivity contribution >= 4 is 23.2 Å². The Kier molecular flexibility index (Phi) is 4.84. The molecule has 5 nitrogen and oxygen atoms in total. The van der Waals surface area contributed by atoms with Gasteiger partial charge in [-0.2, -0.15) is 0 Å². The van der Waals surface area contributed by atoms with Gasteiger partial charge in [0.2, 0.25) is 11.8 Å². The summed E-state index contributed by atoms with van der Waals surface area (Å²) in [5.74, 6) is 0.472. The molecule has 23 heavy (non-hydrogen) atoms. The molecule has 2 aliphatic rings. The van der Waals surface area contributed by atoms with Crippen LogP contribution in [0.5, 0.6) is 0 Å². The van der Waals surface area contributed by atoms with E-state index in [0.29, 0.717) is 12.6 Å². The summed E-state index contributed by atoms with van der Waals surface area (Å²) in [6.07, 6.45) is 5.42. The summed E-state index contributed by atoms with van der Waals surface area (Å²) in [5.41, 5.74) is 1.70. The molecule has 1 saturated carbocycles. The summed E-state index contributed by atoms with van der Waals surface area (Å²) in [6, 6.07) is 7.89. The normalized spacial score (nSPS) is 20.9. The summed E-state index contributed by atoms with van der Waals surface area (Å²) in [7, 11) is 0. The van der Waals surface area contributed by atoms with Crippen LogP contribution in [-0.2, 0) is 9.59 Å². The van der Waals surface area contributed by atoms with Crippen LogP contribution in [0, 0.1) is 5.92 Å². The molecule has 0 aromatic heterocycles. The second kappa shape index (κ2) is 7.02. The third-order valence-electron chi connectivity index (χ3n) is 4.67. The van der Waals surface area contributed by atoms with Gasteiger partial charge in [-0.25, -0.2) is 0 Å². The van der Waals surface area contributed by atoms with Crippen molar-refractivity contribution in [3.05, 3.63) is 24.3 Å². The van der Waals surface area contributed by atoms with E-state index in [1.165, 1.54) is 6.42 Å². The van der Waals surface area contributed by atoms with Gasteiger partial charge in [0.15, 0.2) is 0 Å². The zero-order valence-corrected chi connectivity index (χ0v) is 13.7. The molecule has 1 heterocycles. The summed E-state index contributed by atoms with van der Waals surface area (Å²) in [6.45, 7) is 3.31. The minimum atomic E-state index is 0.111. The highest BCUT2D eigenvalue weighted by Gasteiger charge is 2.29. The fraction of sp³-hybridized carbons (Fsp3) is 0.556. The van der Waals surface area contributed by atoms with Gasteiger partial charge in [-0.15, -0.1) is 0 Å². The monoisotopic (exact) mass is 315 g/mol. The largest absolute Gasteiger partial charge is 0.376 e. The van der Waals surface area contributed by atoms with Gasteiger partial charge in [0.1, 0.15) is 0 Å². The van der Waals surface area contributed by atoms with E-state index in [9.17, 15) is 9.59 Å². The Balaban J connectivity index is 1.48. The van der Waals surface area contributed by atoms with Crippen LogP contribution in [0.3, 0.4) is 0 Å². The highest BCUT2D eigenvalue weighted by Crippen LogP contribution is 2.30. The summed E-state index contributed by atoms with van der Waals surface area (Å²) < 4.78 is 0. The van der Waals surface area contributed by atoms with E-state index in [1.807, 2.05) is 29.2 Å². The van der Waals surface area contributed by atoms with Crippen molar-refractivity contribution < 1.29 is 9.59 Å². The fourth-order valence-electron chi connectivity index (χ4n) is 3.01. The minimum absolute atomic E-state index is 0.111. The van der Waals surface area contributed by atoms with E-state index in [0.717, 1.165) is 43.6 Å². The molecule has 0 radical (unpaired) electrons. The van der Waals surface area contributed by atoms with Crippen LogP contribution in [0.2, 0.25) is 0 Å². The Labute approximate surface area is 137 Å². The number of carbonyl (C=O) groups is 2. The Morgan fingerprint density at radius 2 is 1.78 bits per heavy atom. The van der Waals surface area contributed by atoms with Gasteiger partial charge in [0.05, 0.1) is 6.54 Å². The van der Waals surface area contributed by atoms with E-state index in [1.54, 1.807) is 0 Å². The van der Waals surface area contributed by atoms with Gasteiger partial charge in [-0.1, -0.05) is 0 Å². The molecule has 0 spiro atoms. The van der Waals surface area contributed by atoms with Crippen LogP contribution in [0.1, 0.15) is 39.0 Å². The molecule has 5 heteroatoms. The smallest absolute Gasteiger partial charge is 0.242 e. The first-order valence-corrected chi connectivity index (χ1v) is 8.58. The van der Waals surface area contributed by atoms with Crippen LogP contribution in [0.4, 0.5) is 11.4 Å². The standard InChI is InChI=1S/C18H25N3O2/c1-13-4-2-3-11-21(13)17(22)12-19-15-7-9-16(10-8-15)20-18(23)14-5-6-14/h7-10,13-14,19H,2-6,11-12H2,1H3,(H,20,23). The molecular formula is C18H25N3O2. The molecule has 3 rings (SSSR count). The number of amides is 2. The maximum atomic E-state index is 12.3. The number of hydrogen-bond donors (Lipinski definition) is 2. The highest BCUT2D eigenvalue weighted by atomic mass is 16.2. The number of anilines is 2. The first-order valence-electron chi connectivity index (χ1n) is 8.58. The van der Waals surface area contributed by atoms with Gasteiger partial charge in [0, 0.05) is 29.9 Å². The molecule has 1 aliphatic heterocycles. The van der Waals surface area contributed by atoms with E-state index >= 15 is 0 Å². The Bertz CT molecular complexity index is 566. The van der Waals surface area contributed by atoms with Gasteiger partial charge in [0.25, 0.3) is 0 Å². The van der Waals surface area contributed by atoms with Crippen molar-refractivity contribution in [3.8, 4) is 0 Å². The molecule has 1 aromatic carbocycles. The number of piperidine rings is 1. The van der Waals surface area contributed by atoms with Gasteiger partial charge >= 0.3 is 0 Å². The molecule has 0 bridgehead atoms. The summed E-state index contributed by atoms with van der Waals surface area (Å²) in [4.78, 5) is 26.0. The molecule has 1 aromatic rings. The SMILES string of the molecule is CC1CCCCN1C(=O)CNc1ccc(NC(=O)C2CC2)cc1. The van der Waals surface area contributed by atoms with E-state index in [4.69, 9.17) is 0 Å².